The summed E-state index contributed by atoms with van der Waals surface area (Å²) in [6.07, 6.45) is 3.15. The molecule has 2 heterocycles. The number of benzene rings is 1. The minimum atomic E-state index is -0.567. The van der Waals surface area contributed by atoms with Crippen LogP contribution >= 0.6 is 0 Å². The monoisotopic (exact) mass is 454 g/mol. The molecule has 1 aromatic rings. The largest absolute Gasteiger partial charge is 0.463 e. The Morgan fingerprint density at radius 3 is 2.48 bits per heavy atom. The number of piperazine rings is 1. The zero-order chi connectivity index (χ0) is 23.5. The number of hydrogen-bond donors (Lipinski definition) is 1. The van der Waals surface area contributed by atoms with E-state index in [0.29, 0.717) is 37.4 Å². The second-order valence-electron chi connectivity index (χ2n) is 9.18. The molecule has 8 nitrogen and oxygen atoms in total. The Balaban J connectivity index is 1.59. The molecule has 0 bridgehead atoms. The standard InChI is InChI=1S/C25H34N4O4/c1-4-33-24(31)21-20(27(3)25(32)26-22(21)18-9-6-5-7-10-18)16-28-13-14-29(17(2)15-28)23(30)19-11-8-12-19/h5-7,9-10,17,19,22H,4,8,11-16H2,1-3H3,(H,26,32)/t17-,22-/m0/s1. The summed E-state index contributed by atoms with van der Waals surface area (Å²) in [5.74, 6) is 0.0510. The molecule has 3 aliphatic rings. The third-order valence-corrected chi connectivity index (χ3v) is 7.03. The second kappa shape index (κ2) is 9.95. The number of amides is 3. The fourth-order valence-electron chi connectivity index (χ4n) is 4.90. The average Bonchev–Trinajstić information content (AvgIpc) is 2.76. The van der Waals surface area contributed by atoms with Crippen LogP contribution in [0.4, 0.5) is 4.79 Å². The normalized spacial score (nSPS) is 24.4. The van der Waals surface area contributed by atoms with Crippen molar-refractivity contribution in [3.63, 3.8) is 0 Å². The number of likely N-dealkylation sites (N-methyl/N-ethyl adjacent to an activating group) is 1. The van der Waals surface area contributed by atoms with Crippen molar-refractivity contribution in [1.29, 1.82) is 0 Å². The molecule has 2 fully saturated rings. The number of rotatable bonds is 6. The van der Waals surface area contributed by atoms with Gasteiger partial charge in [-0.25, -0.2) is 9.59 Å². The van der Waals surface area contributed by atoms with Gasteiger partial charge < -0.3 is 15.0 Å². The first-order valence-corrected chi connectivity index (χ1v) is 11.9. The molecule has 0 radical (unpaired) electrons. The lowest BCUT2D eigenvalue weighted by molar-refractivity contribution is -0.142. The summed E-state index contributed by atoms with van der Waals surface area (Å²) in [4.78, 5) is 44.4. The van der Waals surface area contributed by atoms with Crippen LogP contribution in [0.3, 0.4) is 0 Å². The van der Waals surface area contributed by atoms with Crippen molar-refractivity contribution in [2.75, 3.05) is 39.8 Å². The van der Waals surface area contributed by atoms with Crippen LogP contribution < -0.4 is 5.32 Å². The number of carbonyl (C=O) groups excluding carboxylic acids is 3. The van der Waals surface area contributed by atoms with Gasteiger partial charge in [0.25, 0.3) is 0 Å². The van der Waals surface area contributed by atoms with Gasteiger partial charge >= 0.3 is 12.0 Å². The van der Waals surface area contributed by atoms with E-state index >= 15 is 0 Å². The van der Waals surface area contributed by atoms with Gasteiger partial charge in [-0.2, -0.15) is 0 Å². The highest BCUT2D eigenvalue weighted by atomic mass is 16.5. The lowest BCUT2D eigenvalue weighted by Crippen LogP contribution is -2.57. The van der Waals surface area contributed by atoms with E-state index in [-0.39, 0.29) is 30.5 Å². The summed E-state index contributed by atoms with van der Waals surface area (Å²) in [5.41, 5.74) is 1.95. The topological polar surface area (TPSA) is 82.2 Å². The summed E-state index contributed by atoms with van der Waals surface area (Å²) in [7, 11) is 1.69. The van der Waals surface area contributed by atoms with Crippen LogP contribution in [0.15, 0.2) is 41.6 Å². The maximum atomic E-state index is 13.1. The number of hydrogen-bond acceptors (Lipinski definition) is 5. The van der Waals surface area contributed by atoms with E-state index in [2.05, 4.69) is 17.1 Å². The summed E-state index contributed by atoms with van der Waals surface area (Å²) < 4.78 is 5.40. The van der Waals surface area contributed by atoms with Gasteiger partial charge in [0.15, 0.2) is 0 Å². The highest BCUT2D eigenvalue weighted by Crippen LogP contribution is 2.32. The van der Waals surface area contributed by atoms with Gasteiger partial charge in [-0.15, -0.1) is 0 Å². The van der Waals surface area contributed by atoms with Crippen molar-refractivity contribution < 1.29 is 19.1 Å². The zero-order valence-electron chi connectivity index (χ0n) is 19.8. The summed E-state index contributed by atoms with van der Waals surface area (Å²) >= 11 is 0. The van der Waals surface area contributed by atoms with Crippen molar-refractivity contribution >= 4 is 17.9 Å². The molecule has 0 unspecified atom stereocenters. The number of ether oxygens (including phenoxy) is 1. The van der Waals surface area contributed by atoms with Gasteiger partial charge in [-0.1, -0.05) is 36.8 Å². The van der Waals surface area contributed by atoms with Crippen molar-refractivity contribution in [3.05, 3.63) is 47.2 Å². The molecule has 1 saturated heterocycles. The van der Waals surface area contributed by atoms with Crippen LogP contribution in [0.1, 0.15) is 44.7 Å². The molecule has 3 amide bonds. The minimum Gasteiger partial charge on any atom is -0.463 e. The molecule has 8 heteroatoms. The van der Waals surface area contributed by atoms with Crippen molar-refractivity contribution in [2.45, 2.75) is 45.2 Å². The molecule has 2 aliphatic heterocycles. The predicted molar refractivity (Wildman–Crippen MR) is 124 cm³/mol. The Labute approximate surface area is 195 Å². The first-order valence-electron chi connectivity index (χ1n) is 11.9. The van der Waals surface area contributed by atoms with E-state index in [9.17, 15) is 14.4 Å². The molecule has 1 N–H and O–H groups in total. The first-order chi connectivity index (χ1) is 15.9. The van der Waals surface area contributed by atoms with Gasteiger partial charge in [0, 0.05) is 50.9 Å². The Kier molecular flexibility index (Phi) is 7.02. The first kappa shape index (κ1) is 23.3. The highest BCUT2D eigenvalue weighted by Gasteiger charge is 2.39. The zero-order valence-corrected chi connectivity index (χ0v) is 19.8. The molecule has 2 atom stereocenters. The molecule has 0 spiro atoms. The van der Waals surface area contributed by atoms with E-state index in [1.165, 1.54) is 4.90 Å². The average molecular weight is 455 g/mol. The van der Waals surface area contributed by atoms with Crippen LogP contribution in [0.2, 0.25) is 0 Å². The summed E-state index contributed by atoms with van der Waals surface area (Å²) in [6, 6.07) is 8.76. The maximum absolute atomic E-state index is 13.1. The van der Waals surface area contributed by atoms with Crippen LogP contribution in [-0.2, 0) is 14.3 Å². The third-order valence-electron chi connectivity index (χ3n) is 7.03. The molecule has 4 rings (SSSR count). The SMILES string of the molecule is CCOC(=O)C1=C(CN2CCN(C(=O)C3CCC3)[C@@H](C)C2)N(C)C(=O)N[C@H]1c1ccccc1. The highest BCUT2D eigenvalue weighted by molar-refractivity contribution is 5.95. The van der Waals surface area contributed by atoms with Gasteiger partial charge in [0.1, 0.15) is 0 Å². The van der Waals surface area contributed by atoms with E-state index in [1.807, 2.05) is 35.2 Å². The van der Waals surface area contributed by atoms with Crippen molar-refractivity contribution in [1.82, 2.24) is 20.0 Å². The van der Waals surface area contributed by atoms with Gasteiger partial charge in [0.2, 0.25) is 5.91 Å². The molecular formula is C25H34N4O4. The predicted octanol–water partition coefficient (Wildman–Crippen LogP) is 2.53. The van der Waals surface area contributed by atoms with Gasteiger partial charge in [-0.05, 0) is 32.3 Å². The Hall–Kier alpha value is -2.87. The fourth-order valence-corrected chi connectivity index (χ4v) is 4.90. The molecule has 178 valence electrons. The number of nitrogens with one attached hydrogen (secondary N) is 1. The van der Waals surface area contributed by atoms with Crippen LogP contribution in [0, 0.1) is 5.92 Å². The van der Waals surface area contributed by atoms with Crippen molar-refractivity contribution in [2.24, 2.45) is 5.92 Å². The van der Waals surface area contributed by atoms with Crippen molar-refractivity contribution in [3.8, 4) is 0 Å². The number of nitrogens with zero attached hydrogens (tertiary/aromatic N) is 3. The van der Waals surface area contributed by atoms with E-state index < -0.39 is 12.0 Å². The smallest absolute Gasteiger partial charge is 0.338 e. The second-order valence-corrected chi connectivity index (χ2v) is 9.18. The summed E-state index contributed by atoms with van der Waals surface area (Å²) in [6.45, 7) is 6.62. The quantitative estimate of drug-likeness (QED) is 0.668. The number of urea groups is 1. The van der Waals surface area contributed by atoms with Gasteiger partial charge in [-0.3, -0.25) is 14.6 Å². The van der Waals surface area contributed by atoms with E-state index in [0.717, 1.165) is 24.8 Å². The lowest BCUT2D eigenvalue weighted by Gasteiger charge is -2.44. The molecule has 1 aromatic carbocycles. The Morgan fingerprint density at radius 2 is 1.88 bits per heavy atom. The lowest BCUT2D eigenvalue weighted by atomic mass is 9.84. The van der Waals surface area contributed by atoms with Crippen LogP contribution in [-0.4, -0.2) is 78.5 Å². The summed E-state index contributed by atoms with van der Waals surface area (Å²) in [5, 5.41) is 2.95. The Morgan fingerprint density at radius 1 is 1.15 bits per heavy atom. The van der Waals surface area contributed by atoms with E-state index in [4.69, 9.17) is 4.74 Å². The molecule has 1 aliphatic carbocycles. The van der Waals surface area contributed by atoms with Gasteiger partial charge in [0.05, 0.1) is 18.2 Å². The molecule has 1 saturated carbocycles. The minimum absolute atomic E-state index is 0.0890. The molecular weight excluding hydrogens is 420 g/mol. The maximum Gasteiger partial charge on any atom is 0.338 e. The molecule has 33 heavy (non-hydrogen) atoms. The Bertz CT molecular complexity index is 928. The molecule has 0 aromatic heterocycles. The number of carbonyl (C=O) groups is 3. The third kappa shape index (κ3) is 4.76. The van der Waals surface area contributed by atoms with E-state index in [1.54, 1.807) is 14.0 Å². The van der Waals surface area contributed by atoms with Crippen LogP contribution in [0.25, 0.3) is 0 Å². The number of esters is 1. The fraction of sp³-hybridized carbons (Fsp3) is 0.560. The van der Waals surface area contributed by atoms with Crippen LogP contribution in [0.5, 0.6) is 0 Å².